The molecule has 2 N–H and O–H groups in total. The SMILES string of the molecule is COCC(C)OCc1ccc(F)cc1CN. The zero-order valence-corrected chi connectivity index (χ0v) is 9.70. The van der Waals surface area contributed by atoms with Crippen LogP contribution in [-0.2, 0) is 22.6 Å². The van der Waals surface area contributed by atoms with Gasteiger partial charge in [0.05, 0.1) is 19.3 Å². The van der Waals surface area contributed by atoms with Gasteiger partial charge in [-0.3, -0.25) is 0 Å². The van der Waals surface area contributed by atoms with Gasteiger partial charge in [0, 0.05) is 13.7 Å². The number of hydrogen-bond donors (Lipinski definition) is 1. The summed E-state index contributed by atoms with van der Waals surface area (Å²) in [6, 6.07) is 4.57. The topological polar surface area (TPSA) is 44.5 Å². The molecule has 0 aliphatic rings. The average Bonchev–Trinajstić information content (AvgIpc) is 2.27. The molecule has 0 aromatic heterocycles. The summed E-state index contributed by atoms with van der Waals surface area (Å²) in [6.07, 6.45) is 0.0145. The maximum absolute atomic E-state index is 12.9. The summed E-state index contributed by atoms with van der Waals surface area (Å²) in [6.45, 7) is 3.21. The number of ether oxygens (including phenoxy) is 2. The van der Waals surface area contributed by atoms with E-state index in [1.807, 2.05) is 6.92 Å². The van der Waals surface area contributed by atoms with Crippen LogP contribution < -0.4 is 5.73 Å². The van der Waals surface area contributed by atoms with Gasteiger partial charge in [-0.2, -0.15) is 0 Å². The van der Waals surface area contributed by atoms with Crippen molar-refractivity contribution in [3.05, 3.63) is 35.1 Å². The Hall–Kier alpha value is -0.970. The predicted octanol–water partition coefficient (Wildman–Crippen LogP) is 1.84. The highest BCUT2D eigenvalue weighted by Crippen LogP contribution is 2.13. The first kappa shape index (κ1) is 13.1. The molecule has 0 saturated heterocycles. The van der Waals surface area contributed by atoms with E-state index in [-0.39, 0.29) is 11.9 Å². The van der Waals surface area contributed by atoms with Crippen LogP contribution >= 0.6 is 0 Å². The lowest BCUT2D eigenvalue weighted by atomic mass is 10.1. The molecule has 4 heteroatoms. The molecule has 0 amide bonds. The summed E-state index contributed by atoms with van der Waals surface area (Å²) in [4.78, 5) is 0. The van der Waals surface area contributed by atoms with Gasteiger partial charge in [0.15, 0.2) is 0 Å². The van der Waals surface area contributed by atoms with Crippen molar-refractivity contribution in [3.8, 4) is 0 Å². The largest absolute Gasteiger partial charge is 0.382 e. The fourth-order valence-electron chi connectivity index (χ4n) is 1.44. The Morgan fingerprint density at radius 3 is 2.75 bits per heavy atom. The molecule has 1 unspecified atom stereocenters. The Morgan fingerprint density at radius 1 is 1.38 bits per heavy atom. The van der Waals surface area contributed by atoms with Crippen LogP contribution in [0.1, 0.15) is 18.1 Å². The van der Waals surface area contributed by atoms with Gasteiger partial charge in [-0.15, -0.1) is 0 Å². The second-order valence-corrected chi connectivity index (χ2v) is 3.69. The van der Waals surface area contributed by atoms with Crippen LogP contribution in [0.2, 0.25) is 0 Å². The molecule has 1 aromatic rings. The maximum Gasteiger partial charge on any atom is 0.123 e. The van der Waals surface area contributed by atoms with Crippen molar-refractivity contribution in [2.45, 2.75) is 26.2 Å². The van der Waals surface area contributed by atoms with Gasteiger partial charge in [0.2, 0.25) is 0 Å². The number of nitrogens with two attached hydrogens (primary N) is 1. The van der Waals surface area contributed by atoms with Gasteiger partial charge >= 0.3 is 0 Å². The molecule has 0 bridgehead atoms. The first-order chi connectivity index (χ1) is 7.67. The molecule has 0 aliphatic carbocycles. The minimum Gasteiger partial charge on any atom is -0.382 e. The second-order valence-electron chi connectivity index (χ2n) is 3.69. The van der Waals surface area contributed by atoms with Crippen molar-refractivity contribution in [2.75, 3.05) is 13.7 Å². The Labute approximate surface area is 95.4 Å². The van der Waals surface area contributed by atoms with E-state index >= 15 is 0 Å². The van der Waals surface area contributed by atoms with E-state index in [4.69, 9.17) is 15.2 Å². The molecule has 16 heavy (non-hydrogen) atoms. The third-order valence-electron chi connectivity index (χ3n) is 2.31. The predicted molar refractivity (Wildman–Crippen MR) is 60.4 cm³/mol. The summed E-state index contributed by atoms with van der Waals surface area (Å²) >= 11 is 0. The van der Waals surface area contributed by atoms with Crippen molar-refractivity contribution >= 4 is 0 Å². The van der Waals surface area contributed by atoms with Gasteiger partial charge in [-0.1, -0.05) is 6.07 Å². The van der Waals surface area contributed by atoms with Gasteiger partial charge in [0.25, 0.3) is 0 Å². The minimum atomic E-state index is -0.269. The molecule has 0 heterocycles. The van der Waals surface area contributed by atoms with Crippen molar-refractivity contribution in [3.63, 3.8) is 0 Å². The highest BCUT2D eigenvalue weighted by molar-refractivity contribution is 5.27. The van der Waals surface area contributed by atoms with E-state index in [9.17, 15) is 4.39 Å². The van der Waals surface area contributed by atoms with Crippen LogP contribution in [0.5, 0.6) is 0 Å². The van der Waals surface area contributed by atoms with Gasteiger partial charge < -0.3 is 15.2 Å². The van der Waals surface area contributed by atoms with Crippen LogP contribution in [0.4, 0.5) is 4.39 Å². The third-order valence-corrected chi connectivity index (χ3v) is 2.31. The number of halogens is 1. The van der Waals surface area contributed by atoms with Crippen LogP contribution in [0.3, 0.4) is 0 Å². The number of methoxy groups -OCH3 is 1. The molecule has 1 aromatic carbocycles. The first-order valence-corrected chi connectivity index (χ1v) is 5.25. The molecule has 0 radical (unpaired) electrons. The standard InChI is InChI=1S/C12H18FNO2/c1-9(7-15-2)16-8-10-3-4-12(13)5-11(10)6-14/h3-5,9H,6-8,14H2,1-2H3. The van der Waals surface area contributed by atoms with E-state index in [1.165, 1.54) is 12.1 Å². The molecule has 90 valence electrons. The Balaban J connectivity index is 2.59. The fraction of sp³-hybridized carbons (Fsp3) is 0.500. The summed E-state index contributed by atoms with van der Waals surface area (Å²) in [7, 11) is 1.63. The van der Waals surface area contributed by atoms with E-state index in [0.717, 1.165) is 11.1 Å². The molecular formula is C12H18FNO2. The lowest BCUT2D eigenvalue weighted by Crippen LogP contribution is -2.15. The quantitative estimate of drug-likeness (QED) is 0.806. The molecule has 0 saturated carbocycles. The van der Waals surface area contributed by atoms with E-state index in [1.54, 1.807) is 13.2 Å². The average molecular weight is 227 g/mol. The van der Waals surface area contributed by atoms with Crippen molar-refractivity contribution in [1.82, 2.24) is 0 Å². The smallest absolute Gasteiger partial charge is 0.123 e. The van der Waals surface area contributed by atoms with Crippen LogP contribution in [0.25, 0.3) is 0 Å². The minimum absolute atomic E-state index is 0.0145. The van der Waals surface area contributed by atoms with Crippen molar-refractivity contribution in [2.24, 2.45) is 5.73 Å². The highest BCUT2D eigenvalue weighted by Gasteiger charge is 2.06. The number of benzene rings is 1. The molecule has 1 rings (SSSR count). The first-order valence-electron chi connectivity index (χ1n) is 5.25. The highest BCUT2D eigenvalue weighted by atomic mass is 19.1. The van der Waals surface area contributed by atoms with E-state index in [0.29, 0.717) is 19.8 Å². The summed E-state index contributed by atoms with van der Waals surface area (Å²) in [5.41, 5.74) is 7.24. The van der Waals surface area contributed by atoms with Crippen LogP contribution in [0, 0.1) is 5.82 Å². The molecular weight excluding hydrogens is 209 g/mol. The summed E-state index contributed by atoms with van der Waals surface area (Å²) in [5, 5.41) is 0. The van der Waals surface area contributed by atoms with Crippen LogP contribution in [-0.4, -0.2) is 19.8 Å². The van der Waals surface area contributed by atoms with Gasteiger partial charge in [-0.05, 0) is 30.2 Å². The number of hydrogen-bond acceptors (Lipinski definition) is 3. The third kappa shape index (κ3) is 3.89. The molecule has 1 atom stereocenters. The fourth-order valence-corrected chi connectivity index (χ4v) is 1.44. The Kier molecular flexibility index (Phi) is 5.38. The van der Waals surface area contributed by atoms with Gasteiger partial charge in [0.1, 0.15) is 5.82 Å². The second kappa shape index (κ2) is 6.58. The lowest BCUT2D eigenvalue weighted by Gasteiger charge is -2.14. The Bertz CT molecular complexity index is 331. The summed E-state index contributed by atoms with van der Waals surface area (Å²) < 4.78 is 23.4. The molecule has 0 spiro atoms. The normalized spacial score (nSPS) is 12.8. The van der Waals surface area contributed by atoms with Gasteiger partial charge in [-0.25, -0.2) is 4.39 Å². The molecule has 3 nitrogen and oxygen atoms in total. The van der Waals surface area contributed by atoms with Crippen molar-refractivity contribution < 1.29 is 13.9 Å². The van der Waals surface area contributed by atoms with Crippen LogP contribution in [0.15, 0.2) is 18.2 Å². The van der Waals surface area contributed by atoms with Crippen molar-refractivity contribution in [1.29, 1.82) is 0 Å². The number of rotatable bonds is 6. The summed E-state index contributed by atoms with van der Waals surface area (Å²) in [5.74, 6) is -0.269. The van der Waals surface area contributed by atoms with E-state index in [2.05, 4.69) is 0 Å². The molecule has 0 aliphatic heterocycles. The molecule has 0 fully saturated rings. The zero-order chi connectivity index (χ0) is 12.0. The van der Waals surface area contributed by atoms with E-state index < -0.39 is 0 Å². The lowest BCUT2D eigenvalue weighted by molar-refractivity contribution is -0.000382. The monoisotopic (exact) mass is 227 g/mol. The zero-order valence-electron chi connectivity index (χ0n) is 9.70. The maximum atomic E-state index is 12.9. The Morgan fingerprint density at radius 2 is 2.12 bits per heavy atom.